The lowest BCUT2D eigenvalue weighted by Gasteiger charge is -2.15. The molecule has 0 bridgehead atoms. The van der Waals surface area contributed by atoms with Crippen molar-refractivity contribution in [2.75, 3.05) is 0 Å². The van der Waals surface area contributed by atoms with Crippen LogP contribution in [-0.4, -0.2) is 0 Å². The normalized spacial score (nSPS) is 13.2. The Hall–Kier alpha value is -1.82. The Morgan fingerprint density at radius 3 is 2.45 bits per heavy atom. The SMILES string of the molecule is CCC1=Cc2c(ccc(C)c2-c2ccccc2CC)[CH]1. The molecular weight excluding hydrogens is 240 g/mol. The monoisotopic (exact) mass is 261 g/mol. The van der Waals surface area contributed by atoms with E-state index < -0.39 is 0 Å². The number of hydrogen-bond donors (Lipinski definition) is 0. The highest BCUT2D eigenvalue weighted by Crippen LogP contribution is 2.39. The lowest BCUT2D eigenvalue weighted by molar-refractivity contribution is 1.14. The molecule has 0 saturated carbocycles. The smallest absolute Gasteiger partial charge is 0.0164 e. The average Bonchev–Trinajstić information content (AvgIpc) is 2.90. The van der Waals surface area contributed by atoms with Gasteiger partial charge in [-0.25, -0.2) is 0 Å². The molecule has 3 rings (SSSR count). The fourth-order valence-electron chi connectivity index (χ4n) is 3.09. The maximum Gasteiger partial charge on any atom is 0.0164 e. The van der Waals surface area contributed by atoms with Gasteiger partial charge in [0, 0.05) is 6.42 Å². The van der Waals surface area contributed by atoms with Crippen LogP contribution >= 0.6 is 0 Å². The zero-order valence-corrected chi connectivity index (χ0v) is 12.5. The molecule has 2 aromatic carbocycles. The van der Waals surface area contributed by atoms with Crippen LogP contribution in [0.15, 0.2) is 42.0 Å². The molecule has 0 aliphatic heterocycles. The lowest BCUT2D eigenvalue weighted by atomic mass is 9.89. The van der Waals surface area contributed by atoms with Crippen LogP contribution < -0.4 is 0 Å². The van der Waals surface area contributed by atoms with Crippen LogP contribution in [0.25, 0.3) is 17.2 Å². The van der Waals surface area contributed by atoms with Crippen molar-refractivity contribution in [1.29, 1.82) is 0 Å². The molecule has 0 aromatic heterocycles. The van der Waals surface area contributed by atoms with Gasteiger partial charge in [0.15, 0.2) is 0 Å². The van der Waals surface area contributed by atoms with E-state index in [0.29, 0.717) is 0 Å². The highest BCUT2D eigenvalue weighted by molar-refractivity contribution is 5.86. The lowest BCUT2D eigenvalue weighted by Crippen LogP contribution is -1.94. The first-order valence-electron chi connectivity index (χ1n) is 7.51. The Balaban J connectivity index is 2.25. The first kappa shape index (κ1) is 13.2. The molecule has 0 heteroatoms. The summed E-state index contributed by atoms with van der Waals surface area (Å²) in [7, 11) is 0. The molecule has 0 nitrogen and oxygen atoms in total. The summed E-state index contributed by atoms with van der Waals surface area (Å²) >= 11 is 0. The van der Waals surface area contributed by atoms with E-state index in [9.17, 15) is 0 Å². The van der Waals surface area contributed by atoms with E-state index in [4.69, 9.17) is 0 Å². The summed E-state index contributed by atoms with van der Waals surface area (Å²) < 4.78 is 0. The summed E-state index contributed by atoms with van der Waals surface area (Å²) in [5.74, 6) is 0. The van der Waals surface area contributed by atoms with Crippen molar-refractivity contribution in [1.82, 2.24) is 0 Å². The predicted octanol–water partition coefficient (Wildman–Crippen LogP) is 5.58. The number of benzene rings is 2. The van der Waals surface area contributed by atoms with Crippen LogP contribution in [-0.2, 0) is 6.42 Å². The Labute approximate surface area is 122 Å². The zero-order valence-electron chi connectivity index (χ0n) is 12.5. The topological polar surface area (TPSA) is 0 Å². The maximum atomic E-state index is 2.37. The van der Waals surface area contributed by atoms with Crippen LogP contribution in [0.5, 0.6) is 0 Å². The number of aryl methyl sites for hydroxylation is 2. The van der Waals surface area contributed by atoms with E-state index >= 15 is 0 Å². The molecule has 0 N–H and O–H groups in total. The van der Waals surface area contributed by atoms with E-state index in [1.165, 1.54) is 39.0 Å². The second-order valence-electron chi connectivity index (χ2n) is 5.49. The average molecular weight is 261 g/mol. The van der Waals surface area contributed by atoms with Crippen LogP contribution in [0.3, 0.4) is 0 Å². The Kier molecular flexibility index (Phi) is 3.48. The molecule has 101 valence electrons. The number of fused-ring (bicyclic) bond motifs is 1. The Bertz CT molecular complexity index is 674. The van der Waals surface area contributed by atoms with Crippen LogP contribution in [0.2, 0.25) is 0 Å². The summed E-state index contributed by atoms with van der Waals surface area (Å²) in [6, 6.07) is 13.3. The van der Waals surface area contributed by atoms with Crippen molar-refractivity contribution in [3.8, 4) is 11.1 Å². The van der Waals surface area contributed by atoms with Crippen molar-refractivity contribution in [2.24, 2.45) is 0 Å². The first-order chi connectivity index (χ1) is 9.74. The minimum Gasteiger partial charge on any atom is -0.0620 e. The predicted molar refractivity (Wildman–Crippen MR) is 87.7 cm³/mol. The van der Waals surface area contributed by atoms with Gasteiger partial charge in [0.25, 0.3) is 0 Å². The summed E-state index contributed by atoms with van der Waals surface area (Å²) in [4.78, 5) is 0. The molecule has 1 aliphatic rings. The first-order valence-corrected chi connectivity index (χ1v) is 7.51. The molecule has 0 spiro atoms. The highest BCUT2D eigenvalue weighted by Gasteiger charge is 2.18. The van der Waals surface area contributed by atoms with Crippen molar-refractivity contribution in [2.45, 2.75) is 33.6 Å². The van der Waals surface area contributed by atoms with E-state index in [1.54, 1.807) is 0 Å². The van der Waals surface area contributed by atoms with E-state index in [1.807, 2.05) is 0 Å². The maximum absolute atomic E-state index is 2.37. The van der Waals surface area contributed by atoms with Gasteiger partial charge in [-0.05, 0) is 53.1 Å². The summed E-state index contributed by atoms with van der Waals surface area (Å²) in [6.45, 7) is 6.68. The van der Waals surface area contributed by atoms with E-state index in [-0.39, 0.29) is 0 Å². The fraction of sp³-hybridized carbons (Fsp3) is 0.250. The van der Waals surface area contributed by atoms with Gasteiger partial charge < -0.3 is 0 Å². The third kappa shape index (κ3) is 2.10. The van der Waals surface area contributed by atoms with Gasteiger partial charge in [0.05, 0.1) is 0 Å². The van der Waals surface area contributed by atoms with E-state index in [2.05, 4.69) is 69.7 Å². The number of rotatable bonds is 3. The van der Waals surface area contributed by atoms with Gasteiger partial charge in [-0.3, -0.25) is 0 Å². The molecule has 1 radical (unpaired) electrons. The largest absolute Gasteiger partial charge is 0.0620 e. The summed E-state index contributed by atoms with van der Waals surface area (Å²) in [5.41, 5.74) is 9.82. The van der Waals surface area contributed by atoms with Gasteiger partial charge in [-0.2, -0.15) is 0 Å². The van der Waals surface area contributed by atoms with Crippen molar-refractivity contribution >= 4 is 6.08 Å². The van der Waals surface area contributed by atoms with Crippen molar-refractivity contribution < 1.29 is 0 Å². The van der Waals surface area contributed by atoms with Gasteiger partial charge in [0.1, 0.15) is 0 Å². The second kappa shape index (κ2) is 5.28. The molecular formula is C20H21. The standard InChI is InChI=1S/C20H21/c1-4-15-12-17-11-10-14(3)20(19(17)13-15)18-9-7-6-8-16(18)5-2/h6-13H,4-5H2,1-3H3. The van der Waals surface area contributed by atoms with Gasteiger partial charge >= 0.3 is 0 Å². The zero-order chi connectivity index (χ0) is 14.1. The molecule has 20 heavy (non-hydrogen) atoms. The van der Waals surface area contributed by atoms with Gasteiger partial charge in [-0.15, -0.1) is 0 Å². The summed E-state index contributed by atoms with van der Waals surface area (Å²) in [5, 5.41) is 0. The quantitative estimate of drug-likeness (QED) is 0.676. The number of allylic oxidation sites excluding steroid dienone is 1. The van der Waals surface area contributed by atoms with Crippen LogP contribution in [0, 0.1) is 13.3 Å². The molecule has 0 saturated heterocycles. The van der Waals surface area contributed by atoms with Crippen LogP contribution in [0.4, 0.5) is 0 Å². The molecule has 0 heterocycles. The van der Waals surface area contributed by atoms with Crippen LogP contribution in [0.1, 0.15) is 42.5 Å². The molecule has 2 aromatic rings. The molecule has 0 amide bonds. The second-order valence-corrected chi connectivity index (χ2v) is 5.49. The van der Waals surface area contributed by atoms with Gasteiger partial charge in [-0.1, -0.05) is 61.9 Å². The molecule has 0 unspecified atom stereocenters. The van der Waals surface area contributed by atoms with Crippen molar-refractivity contribution in [3.05, 3.63) is 70.6 Å². The minimum atomic E-state index is 1.08. The molecule has 1 aliphatic carbocycles. The van der Waals surface area contributed by atoms with E-state index in [0.717, 1.165) is 12.8 Å². The minimum absolute atomic E-state index is 1.08. The Morgan fingerprint density at radius 2 is 1.70 bits per heavy atom. The fourth-order valence-corrected chi connectivity index (χ4v) is 3.09. The number of hydrogen-bond acceptors (Lipinski definition) is 0. The van der Waals surface area contributed by atoms with Crippen molar-refractivity contribution in [3.63, 3.8) is 0 Å². The highest BCUT2D eigenvalue weighted by atomic mass is 14.2. The summed E-state index contributed by atoms with van der Waals surface area (Å²) in [6.07, 6.45) is 6.87. The molecule has 0 fully saturated rings. The van der Waals surface area contributed by atoms with Gasteiger partial charge in [0.2, 0.25) is 0 Å². The third-order valence-corrected chi connectivity index (χ3v) is 4.23. The third-order valence-electron chi connectivity index (χ3n) is 4.23. The molecule has 0 atom stereocenters. The Morgan fingerprint density at radius 1 is 0.900 bits per heavy atom.